The van der Waals surface area contributed by atoms with Gasteiger partial charge in [0.1, 0.15) is 0 Å². The molecule has 4 nitrogen and oxygen atoms in total. The Morgan fingerprint density at radius 1 is 1.41 bits per heavy atom. The molecule has 17 heavy (non-hydrogen) atoms. The van der Waals surface area contributed by atoms with E-state index in [9.17, 15) is 4.79 Å². The fourth-order valence-electron chi connectivity index (χ4n) is 1.36. The molecule has 0 aromatic heterocycles. The van der Waals surface area contributed by atoms with Gasteiger partial charge in [0.2, 0.25) is 0 Å². The monoisotopic (exact) mass is 236 g/mol. The molecule has 4 heteroatoms. The SMILES string of the molecule is CCOc1cc(C=C(C)C(=O)O)ccc1OC. The van der Waals surface area contributed by atoms with Gasteiger partial charge >= 0.3 is 5.97 Å². The average Bonchev–Trinajstić information content (AvgIpc) is 2.29. The molecule has 0 fully saturated rings. The highest BCUT2D eigenvalue weighted by molar-refractivity contribution is 5.91. The second kappa shape index (κ2) is 5.94. The molecule has 0 amide bonds. The zero-order valence-electron chi connectivity index (χ0n) is 10.2. The number of rotatable bonds is 5. The first-order chi connectivity index (χ1) is 8.08. The molecule has 0 radical (unpaired) electrons. The van der Waals surface area contributed by atoms with E-state index in [0.717, 1.165) is 5.56 Å². The predicted octanol–water partition coefficient (Wildman–Crippen LogP) is 2.58. The topological polar surface area (TPSA) is 55.8 Å². The Labute approximate surface area is 100 Å². The fourth-order valence-corrected chi connectivity index (χ4v) is 1.36. The van der Waals surface area contributed by atoms with Crippen LogP contribution in [-0.2, 0) is 4.79 Å². The third kappa shape index (κ3) is 3.52. The first-order valence-corrected chi connectivity index (χ1v) is 5.31. The summed E-state index contributed by atoms with van der Waals surface area (Å²) < 4.78 is 10.6. The number of carboxylic acids is 1. The summed E-state index contributed by atoms with van der Waals surface area (Å²) in [6.07, 6.45) is 1.59. The lowest BCUT2D eigenvalue weighted by Gasteiger charge is -2.09. The van der Waals surface area contributed by atoms with E-state index >= 15 is 0 Å². The summed E-state index contributed by atoms with van der Waals surface area (Å²) in [5.74, 6) is 0.317. The lowest BCUT2D eigenvalue weighted by atomic mass is 10.1. The minimum absolute atomic E-state index is 0.276. The number of benzene rings is 1. The van der Waals surface area contributed by atoms with E-state index in [1.807, 2.05) is 6.92 Å². The Hall–Kier alpha value is -1.97. The maximum Gasteiger partial charge on any atom is 0.331 e. The van der Waals surface area contributed by atoms with Crippen molar-refractivity contribution in [1.82, 2.24) is 0 Å². The first-order valence-electron chi connectivity index (χ1n) is 5.31. The fraction of sp³-hybridized carbons (Fsp3) is 0.308. The van der Waals surface area contributed by atoms with Gasteiger partial charge < -0.3 is 14.6 Å². The molecule has 0 spiro atoms. The van der Waals surface area contributed by atoms with Crippen LogP contribution in [0.4, 0.5) is 0 Å². The van der Waals surface area contributed by atoms with Crippen molar-refractivity contribution in [2.75, 3.05) is 13.7 Å². The van der Waals surface area contributed by atoms with Crippen LogP contribution in [0.15, 0.2) is 23.8 Å². The average molecular weight is 236 g/mol. The predicted molar refractivity (Wildman–Crippen MR) is 65.4 cm³/mol. The molecule has 0 saturated carbocycles. The third-order valence-electron chi connectivity index (χ3n) is 2.21. The van der Waals surface area contributed by atoms with E-state index < -0.39 is 5.97 Å². The molecule has 1 aromatic rings. The van der Waals surface area contributed by atoms with Gasteiger partial charge in [-0.05, 0) is 37.6 Å². The zero-order chi connectivity index (χ0) is 12.8. The van der Waals surface area contributed by atoms with Gasteiger partial charge in [-0.2, -0.15) is 0 Å². The Morgan fingerprint density at radius 3 is 2.65 bits per heavy atom. The minimum atomic E-state index is -0.932. The summed E-state index contributed by atoms with van der Waals surface area (Å²) in [6.45, 7) is 3.96. The molecule has 0 atom stereocenters. The number of aliphatic carboxylic acids is 1. The molecule has 0 aliphatic carbocycles. The van der Waals surface area contributed by atoms with Crippen molar-refractivity contribution in [1.29, 1.82) is 0 Å². The van der Waals surface area contributed by atoms with Crippen LogP contribution in [0.5, 0.6) is 11.5 Å². The lowest BCUT2D eigenvalue weighted by molar-refractivity contribution is -0.132. The Morgan fingerprint density at radius 2 is 2.12 bits per heavy atom. The summed E-state index contributed by atoms with van der Waals surface area (Å²) in [5, 5.41) is 8.79. The maximum atomic E-state index is 10.7. The Kier molecular flexibility index (Phi) is 4.57. The van der Waals surface area contributed by atoms with Crippen LogP contribution >= 0.6 is 0 Å². The molecule has 0 heterocycles. The number of hydrogen-bond acceptors (Lipinski definition) is 3. The van der Waals surface area contributed by atoms with Crippen molar-refractivity contribution in [2.24, 2.45) is 0 Å². The summed E-state index contributed by atoms with van der Waals surface area (Å²) in [6, 6.07) is 5.30. The van der Waals surface area contributed by atoms with Crippen LogP contribution in [0.2, 0.25) is 0 Å². The molecular weight excluding hydrogens is 220 g/mol. The summed E-state index contributed by atoms with van der Waals surface area (Å²) in [7, 11) is 1.57. The van der Waals surface area contributed by atoms with Gasteiger partial charge in [-0.1, -0.05) is 6.07 Å². The number of hydrogen-bond donors (Lipinski definition) is 1. The second-order valence-corrected chi connectivity index (χ2v) is 3.48. The van der Waals surface area contributed by atoms with Crippen LogP contribution in [0, 0.1) is 0 Å². The molecule has 1 rings (SSSR count). The van der Waals surface area contributed by atoms with Crippen molar-refractivity contribution in [2.45, 2.75) is 13.8 Å². The van der Waals surface area contributed by atoms with Crippen LogP contribution < -0.4 is 9.47 Å². The minimum Gasteiger partial charge on any atom is -0.493 e. The van der Waals surface area contributed by atoms with Crippen molar-refractivity contribution in [3.05, 3.63) is 29.3 Å². The maximum absolute atomic E-state index is 10.7. The normalized spacial score (nSPS) is 11.1. The van der Waals surface area contributed by atoms with E-state index in [-0.39, 0.29) is 5.57 Å². The van der Waals surface area contributed by atoms with Gasteiger partial charge in [0, 0.05) is 5.57 Å². The first kappa shape index (κ1) is 13.1. The molecule has 0 aliphatic heterocycles. The van der Waals surface area contributed by atoms with E-state index in [4.69, 9.17) is 14.6 Å². The van der Waals surface area contributed by atoms with Gasteiger partial charge in [0.05, 0.1) is 13.7 Å². The van der Waals surface area contributed by atoms with Gasteiger partial charge in [0.25, 0.3) is 0 Å². The smallest absolute Gasteiger partial charge is 0.331 e. The number of carbonyl (C=O) groups is 1. The highest BCUT2D eigenvalue weighted by Gasteiger charge is 2.05. The Balaban J connectivity index is 3.07. The lowest BCUT2D eigenvalue weighted by Crippen LogP contribution is -1.97. The van der Waals surface area contributed by atoms with Crippen LogP contribution in [-0.4, -0.2) is 24.8 Å². The summed E-state index contributed by atoms with van der Waals surface area (Å²) in [5.41, 5.74) is 1.05. The van der Waals surface area contributed by atoms with E-state index in [1.165, 1.54) is 0 Å². The third-order valence-corrected chi connectivity index (χ3v) is 2.21. The number of ether oxygens (including phenoxy) is 2. The van der Waals surface area contributed by atoms with Crippen molar-refractivity contribution >= 4 is 12.0 Å². The molecule has 1 N–H and O–H groups in total. The highest BCUT2D eigenvalue weighted by atomic mass is 16.5. The van der Waals surface area contributed by atoms with Crippen molar-refractivity contribution in [3.8, 4) is 11.5 Å². The summed E-state index contributed by atoms with van der Waals surface area (Å²) >= 11 is 0. The molecule has 92 valence electrons. The largest absolute Gasteiger partial charge is 0.493 e. The van der Waals surface area contributed by atoms with Gasteiger partial charge in [-0.3, -0.25) is 0 Å². The molecule has 0 aliphatic rings. The van der Waals surface area contributed by atoms with E-state index in [2.05, 4.69) is 0 Å². The number of carboxylic acid groups (broad SMARTS) is 1. The number of methoxy groups -OCH3 is 1. The molecule has 1 aromatic carbocycles. The quantitative estimate of drug-likeness (QED) is 0.798. The molecule has 0 bridgehead atoms. The molecular formula is C13H16O4. The molecule has 0 saturated heterocycles. The van der Waals surface area contributed by atoms with Gasteiger partial charge in [0.15, 0.2) is 11.5 Å². The summed E-state index contributed by atoms with van der Waals surface area (Å²) in [4.78, 5) is 10.7. The van der Waals surface area contributed by atoms with E-state index in [0.29, 0.717) is 18.1 Å². The standard InChI is InChI=1S/C13H16O4/c1-4-17-12-8-10(5-6-11(12)16-3)7-9(2)13(14)15/h5-8H,4H2,1-3H3,(H,14,15). The van der Waals surface area contributed by atoms with Gasteiger partial charge in [-0.15, -0.1) is 0 Å². The Bertz CT molecular complexity index is 435. The van der Waals surface area contributed by atoms with E-state index in [1.54, 1.807) is 38.3 Å². The van der Waals surface area contributed by atoms with Crippen LogP contribution in [0.25, 0.3) is 6.08 Å². The van der Waals surface area contributed by atoms with Crippen molar-refractivity contribution in [3.63, 3.8) is 0 Å². The molecule has 0 unspecified atom stereocenters. The zero-order valence-corrected chi connectivity index (χ0v) is 10.2. The van der Waals surface area contributed by atoms with Gasteiger partial charge in [-0.25, -0.2) is 4.79 Å². The highest BCUT2D eigenvalue weighted by Crippen LogP contribution is 2.28. The van der Waals surface area contributed by atoms with Crippen LogP contribution in [0.3, 0.4) is 0 Å². The van der Waals surface area contributed by atoms with Crippen LogP contribution in [0.1, 0.15) is 19.4 Å². The second-order valence-electron chi connectivity index (χ2n) is 3.48. The van der Waals surface area contributed by atoms with Crippen molar-refractivity contribution < 1.29 is 19.4 Å².